The molecule has 4 nitrogen and oxygen atoms in total. The summed E-state index contributed by atoms with van der Waals surface area (Å²) >= 11 is 0. The third-order valence-electron chi connectivity index (χ3n) is 7.44. The molecule has 0 unspecified atom stereocenters. The van der Waals surface area contributed by atoms with Gasteiger partial charge in [0.05, 0.1) is 37.9 Å². The molecule has 0 aromatic rings. The Morgan fingerprint density at radius 1 is 0.447 bits per heavy atom. The fraction of sp³-hybridized carbons (Fsp3) is 1.00. The van der Waals surface area contributed by atoms with Crippen LogP contribution >= 0.6 is 15.1 Å². The van der Waals surface area contributed by atoms with Crippen LogP contribution in [-0.4, -0.2) is 37.9 Å². The summed E-state index contributed by atoms with van der Waals surface area (Å²) in [5, 5.41) is 0. The van der Waals surface area contributed by atoms with E-state index in [0.717, 1.165) is 25.7 Å². The lowest BCUT2D eigenvalue weighted by molar-refractivity contribution is -0.225. The van der Waals surface area contributed by atoms with Crippen molar-refractivity contribution in [3.8, 4) is 0 Å². The van der Waals surface area contributed by atoms with E-state index in [-0.39, 0.29) is 13.2 Å². The molecular formula is C32H70O4P2. The Morgan fingerprint density at radius 3 is 0.947 bits per heavy atom. The van der Waals surface area contributed by atoms with Gasteiger partial charge in [0.2, 0.25) is 0 Å². The Bertz CT molecular complexity index is 434. The molecule has 0 amide bonds. The predicted molar refractivity (Wildman–Crippen MR) is 172 cm³/mol. The molecule has 0 fully saturated rings. The van der Waals surface area contributed by atoms with Crippen LogP contribution in [0.15, 0.2) is 0 Å². The number of hydrogen-bond donors (Lipinski definition) is 0. The maximum atomic E-state index is 11.0. The summed E-state index contributed by atoms with van der Waals surface area (Å²) < 4.78 is 20.2. The monoisotopic (exact) mass is 580 g/mol. The van der Waals surface area contributed by atoms with Crippen LogP contribution < -0.4 is 4.89 Å². The minimum atomic E-state index is -4.00. The molecule has 0 aromatic carbocycles. The van der Waals surface area contributed by atoms with E-state index in [1.54, 1.807) is 24.6 Å². The van der Waals surface area contributed by atoms with Gasteiger partial charge >= 0.3 is 0 Å². The molecule has 0 aliphatic carbocycles. The number of phosphoric acid groups is 1. The highest BCUT2D eigenvalue weighted by Crippen LogP contribution is 2.61. The van der Waals surface area contributed by atoms with Crippen molar-refractivity contribution in [3.63, 3.8) is 0 Å². The normalized spacial score (nSPS) is 12.0. The van der Waals surface area contributed by atoms with Gasteiger partial charge in [-0.2, -0.15) is 0 Å². The second kappa shape index (κ2) is 30.5. The minimum absolute atomic E-state index is 0.226. The summed E-state index contributed by atoms with van der Waals surface area (Å²) in [6.07, 6.45) is 33.4. The van der Waals surface area contributed by atoms with Gasteiger partial charge in [-0.25, -0.2) is 0 Å². The molecule has 0 N–H and O–H groups in total. The quantitative estimate of drug-likeness (QED) is 0.0682. The Morgan fingerprint density at radius 2 is 0.711 bits per heavy atom. The number of unbranched alkanes of at least 4 members (excludes halogenated alkanes) is 14. The molecule has 0 aromatic heterocycles. The average molecular weight is 581 g/mol. The van der Waals surface area contributed by atoms with E-state index >= 15 is 0 Å². The Hall–Kier alpha value is 0.540. The third kappa shape index (κ3) is 28.1. The van der Waals surface area contributed by atoms with Gasteiger partial charge in [-0.3, -0.25) is 4.57 Å². The molecule has 0 saturated carbocycles. The largest absolute Gasteiger partial charge is 0.756 e. The van der Waals surface area contributed by atoms with E-state index in [1.165, 1.54) is 103 Å². The summed E-state index contributed by atoms with van der Waals surface area (Å²) in [6, 6.07) is 0. The predicted octanol–water partition coefficient (Wildman–Crippen LogP) is 11.4. The van der Waals surface area contributed by atoms with Crippen molar-refractivity contribution in [2.24, 2.45) is 0 Å². The molecular weight excluding hydrogens is 510 g/mol. The van der Waals surface area contributed by atoms with E-state index < -0.39 is 15.1 Å². The lowest BCUT2D eigenvalue weighted by Crippen LogP contribution is -2.13. The number of phosphoric ester groups is 1. The zero-order chi connectivity index (χ0) is 28.8. The van der Waals surface area contributed by atoms with Crippen LogP contribution in [0, 0.1) is 0 Å². The van der Waals surface area contributed by atoms with Crippen molar-refractivity contribution in [2.45, 2.75) is 170 Å². The first-order valence-corrected chi connectivity index (χ1v) is 20.8. The van der Waals surface area contributed by atoms with E-state index in [1.807, 2.05) is 13.8 Å². The van der Waals surface area contributed by atoms with Gasteiger partial charge in [0.25, 0.3) is 7.82 Å². The molecule has 0 rings (SSSR count). The summed E-state index contributed by atoms with van der Waals surface area (Å²) in [7, 11) is -4.66. The number of hydrogen-bond acceptors (Lipinski definition) is 4. The highest BCUT2D eigenvalue weighted by atomic mass is 31.2. The molecule has 0 atom stereocenters. The van der Waals surface area contributed by atoms with Crippen molar-refractivity contribution in [2.75, 3.05) is 37.9 Å². The topological polar surface area (TPSA) is 58.6 Å². The fourth-order valence-electron chi connectivity index (χ4n) is 4.85. The second-order valence-corrected chi connectivity index (χ2v) is 17.2. The molecule has 38 heavy (non-hydrogen) atoms. The first-order valence-electron chi connectivity index (χ1n) is 16.8. The van der Waals surface area contributed by atoms with Gasteiger partial charge in [-0.1, -0.05) is 106 Å². The second-order valence-electron chi connectivity index (χ2n) is 11.3. The lowest BCUT2D eigenvalue weighted by atomic mass is 10.2. The molecule has 0 spiro atoms. The van der Waals surface area contributed by atoms with Crippen LogP contribution in [0.1, 0.15) is 170 Å². The van der Waals surface area contributed by atoms with Crippen molar-refractivity contribution in [3.05, 3.63) is 0 Å². The highest BCUT2D eigenvalue weighted by molar-refractivity contribution is 7.75. The van der Waals surface area contributed by atoms with Gasteiger partial charge in [-0.15, -0.1) is 0 Å². The van der Waals surface area contributed by atoms with Crippen LogP contribution in [0.3, 0.4) is 0 Å². The van der Waals surface area contributed by atoms with E-state index in [4.69, 9.17) is 0 Å². The Kier molecular flexibility index (Phi) is 32.6. The van der Waals surface area contributed by atoms with Gasteiger partial charge in [0.15, 0.2) is 0 Å². The average Bonchev–Trinajstić information content (AvgIpc) is 2.90. The van der Waals surface area contributed by atoms with Crippen molar-refractivity contribution < 1.29 is 18.5 Å². The van der Waals surface area contributed by atoms with Gasteiger partial charge in [0, 0.05) is 7.26 Å². The van der Waals surface area contributed by atoms with Crippen molar-refractivity contribution in [1.82, 2.24) is 0 Å². The van der Waals surface area contributed by atoms with Gasteiger partial charge in [-0.05, 0) is 64.2 Å². The van der Waals surface area contributed by atoms with E-state index in [0.29, 0.717) is 0 Å². The third-order valence-corrected chi connectivity index (χ3v) is 13.5. The summed E-state index contributed by atoms with van der Waals surface area (Å²) in [4.78, 5) is 11.0. The van der Waals surface area contributed by atoms with Crippen LogP contribution in [-0.2, 0) is 13.6 Å². The fourth-order valence-corrected chi connectivity index (χ4v) is 10.5. The molecule has 0 aliphatic heterocycles. The zero-order valence-corrected chi connectivity index (χ0v) is 28.7. The summed E-state index contributed by atoms with van der Waals surface area (Å²) in [6.45, 7) is 13.8. The smallest absolute Gasteiger partial charge is 0.267 e. The first-order chi connectivity index (χ1) is 18.4. The van der Waals surface area contributed by atoms with Crippen molar-refractivity contribution in [1.29, 1.82) is 0 Å². The van der Waals surface area contributed by atoms with Crippen molar-refractivity contribution >= 4 is 15.1 Å². The van der Waals surface area contributed by atoms with Crippen LogP contribution in [0.5, 0.6) is 0 Å². The lowest BCUT2D eigenvalue weighted by Gasteiger charge is -2.28. The standard InChI is InChI=1S/C24H52P.C8H19O4P/c1-5-9-13-17-21-25(22-18-14-10-6-2,23-19-15-11-7-3)24-20-16-12-8-4;1-3-5-7-11-13(9,10)12-8-6-4-2/h5-24H2,1-4H3;3-8H2,1-2H3,(H,9,10)/q+1;/p-1. The van der Waals surface area contributed by atoms with Gasteiger partial charge in [0.1, 0.15) is 0 Å². The first kappa shape index (κ1) is 40.7. The van der Waals surface area contributed by atoms with Crippen LogP contribution in [0.4, 0.5) is 0 Å². The van der Waals surface area contributed by atoms with E-state index in [9.17, 15) is 9.46 Å². The number of rotatable bonds is 28. The van der Waals surface area contributed by atoms with E-state index in [2.05, 4.69) is 36.7 Å². The Balaban J connectivity index is 0. The maximum Gasteiger partial charge on any atom is 0.267 e. The molecule has 0 saturated heterocycles. The molecule has 0 radical (unpaired) electrons. The van der Waals surface area contributed by atoms with Gasteiger partial charge < -0.3 is 13.9 Å². The van der Waals surface area contributed by atoms with Crippen LogP contribution in [0.2, 0.25) is 0 Å². The molecule has 0 bridgehead atoms. The highest BCUT2D eigenvalue weighted by Gasteiger charge is 2.34. The Labute approximate surface area is 241 Å². The molecule has 0 heterocycles. The summed E-state index contributed by atoms with van der Waals surface area (Å²) in [5.74, 6) is 0. The molecule has 232 valence electrons. The van der Waals surface area contributed by atoms with Crippen LogP contribution in [0.25, 0.3) is 0 Å². The minimum Gasteiger partial charge on any atom is -0.756 e. The molecule has 0 aliphatic rings. The molecule has 6 heteroatoms. The maximum absolute atomic E-state index is 11.0. The summed E-state index contributed by atoms with van der Waals surface area (Å²) in [5.41, 5.74) is 0. The SMILES string of the molecule is CCCCCC[P+](CCCCCC)(CCCCCC)CCCCCC.CCCCOP(=O)([O-])OCCCC. The zero-order valence-electron chi connectivity index (χ0n) is 26.9.